The van der Waals surface area contributed by atoms with Gasteiger partial charge in [0.05, 0.1) is 13.2 Å². The lowest BCUT2D eigenvalue weighted by Gasteiger charge is -2.22. The zero-order valence-corrected chi connectivity index (χ0v) is 13.8. The lowest BCUT2D eigenvalue weighted by molar-refractivity contribution is -0.138. The largest absolute Gasteiger partial charge is 0.347 e. The topological polar surface area (TPSA) is 56.3 Å². The molecule has 6 heteroatoms. The number of fused-ring (bicyclic) bond motifs is 1. The van der Waals surface area contributed by atoms with Crippen molar-refractivity contribution in [3.63, 3.8) is 0 Å². The molecule has 0 aromatic carbocycles. The number of thiophene rings is 1. The van der Waals surface area contributed by atoms with E-state index in [0.29, 0.717) is 19.8 Å². The summed E-state index contributed by atoms with van der Waals surface area (Å²) in [6, 6.07) is 0. The summed E-state index contributed by atoms with van der Waals surface area (Å²) in [5.74, 6) is 0.345. The van der Waals surface area contributed by atoms with Crippen molar-refractivity contribution in [3.8, 4) is 0 Å². The zero-order valence-electron chi connectivity index (χ0n) is 12.9. The Kier molecular flexibility index (Phi) is 3.96. The van der Waals surface area contributed by atoms with Gasteiger partial charge in [-0.2, -0.15) is 0 Å². The molecule has 1 aliphatic heterocycles. The van der Waals surface area contributed by atoms with E-state index in [0.717, 1.165) is 22.9 Å². The van der Waals surface area contributed by atoms with Gasteiger partial charge < -0.3 is 14.8 Å². The lowest BCUT2D eigenvalue weighted by atomic mass is 10.1. The van der Waals surface area contributed by atoms with E-state index in [9.17, 15) is 0 Å². The molecule has 114 valence electrons. The first-order valence-electron chi connectivity index (χ1n) is 7.20. The van der Waals surface area contributed by atoms with E-state index < -0.39 is 5.79 Å². The van der Waals surface area contributed by atoms with E-state index in [-0.39, 0.29) is 0 Å². The van der Waals surface area contributed by atoms with Crippen molar-refractivity contribution in [2.24, 2.45) is 0 Å². The van der Waals surface area contributed by atoms with Crippen LogP contribution < -0.4 is 5.32 Å². The fourth-order valence-electron chi connectivity index (χ4n) is 2.75. The van der Waals surface area contributed by atoms with E-state index in [4.69, 9.17) is 9.47 Å². The molecule has 1 aliphatic rings. The average molecular weight is 307 g/mol. The number of rotatable bonds is 4. The summed E-state index contributed by atoms with van der Waals surface area (Å²) in [5, 5.41) is 4.63. The molecular weight excluding hydrogens is 286 g/mol. The van der Waals surface area contributed by atoms with Crippen LogP contribution in [0.5, 0.6) is 0 Å². The zero-order chi connectivity index (χ0) is 15.0. The third-order valence-electron chi connectivity index (χ3n) is 3.81. The van der Waals surface area contributed by atoms with Crippen LogP contribution >= 0.6 is 11.3 Å². The molecule has 0 radical (unpaired) electrons. The molecule has 21 heavy (non-hydrogen) atoms. The number of aryl methyl sites for hydroxylation is 3. The summed E-state index contributed by atoms with van der Waals surface area (Å²) in [7, 11) is 0. The van der Waals surface area contributed by atoms with E-state index in [1.807, 2.05) is 13.8 Å². The molecule has 2 aromatic heterocycles. The van der Waals surface area contributed by atoms with E-state index in [1.165, 1.54) is 15.8 Å². The molecule has 5 nitrogen and oxygen atoms in total. The Morgan fingerprint density at radius 1 is 1.19 bits per heavy atom. The molecule has 0 spiro atoms. The minimum atomic E-state index is -0.489. The molecule has 1 N–H and O–H groups in total. The molecule has 1 saturated heterocycles. The van der Waals surface area contributed by atoms with E-state index >= 15 is 0 Å². The third kappa shape index (κ3) is 2.94. The number of nitrogens with zero attached hydrogens (tertiary/aromatic N) is 2. The number of hydrogen-bond donors (Lipinski definition) is 1. The highest BCUT2D eigenvalue weighted by Gasteiger charge is 2.30. The van der Waals surface area contributed by atoms with Gasteiger partial charge in [-0.3, -0.25) is 0 Å². The van der Waals surface area contributed by atoms with E-state index in [1.54, 1.807) is 11.3 Å². The molecular formula is C15H21N3O2S. The second-order valence-electron chi connectivity index (χ2n) is 5.62. The lowest BCUT2D eigenvalue weighted by Crippen LogP contribution is -2.38. The Hall–Kier alpha value is -1.08. The van der Waals surface area contributed by atoms with Crippen LogP contribution in [-0.2, 0) is 16.0 Å². The van der Waals surface area contributed by atoms with Gasteiger partial charge in [-0.15, -0.1) is 11.3 Å². The minimum absolute atomic E-state index is 0.489. The first-order chi connectivity index (χ1) is 9.98. The number of ether oxygens (including phenoxy) is 2. The minimum Gasteiger partial charge on any atom is -0.347 e. The molecule has 0 aliphatic carbocycles. The van der Waals surface area contributed by atoms with Gasteiger partial charge in [0.2, 0.25) is 0 Å². The maximum atomic E-state index is 5.60. The second-order valence-corrected chi connectivity index (χ2v) is 6.70. The van der Waals surface area contributed by atoms with Crippen molar-refractivity contribution < 1.29 is 9.47 Å². The maximum Gasteiger partial charge on any atom is 0.178 e. The van der Waals surface area contributed by atoms with Crippen molar-refractivity contribution in [1.82, 2.24) is 15.3 Å². The quantitative estimate of drug-likeness (QED) is 0.940. The van der Waals surface area contributed by atoms with Crippen LogP contribution in [0.1, 0.15) is 28.9 Å². The predicted molar refractivity (Wildman–Crippen MR) is 83.6 cm³/mol. The fourth-order valence-corrected chi connectivity index (χ4v) is 3.99. The molecule has 0 amide bonds. The van der Waals surface area contributed by atoms with Gasteiger partial charge in [0.25, 0.3) is 0 Å². The molecule has 1 fully saturated rings. The van der Waals surface area contributed by atoms with Crippen LogP contribution in [-0.4, -0.2) is 35.5 Å². The maximum absolute atomic E-state index is 5.60. The molecule has 0 bridgehead atoms. The van der Waals surface area contributed by atoms with Crippen LogP contribution in [0.4, 0.5) is 0 Å². The Balaban J connectivity index is 1.75. The first kappa shape index (κ1) is 14.8. The SMILES string of the molecule is Cc1nc(C)c2c(C)c(CNCC3(C)OCCO3)sc2n1. The van der Waals surface area contributed by atoms with Crippen LogP contribution in [0.2, 0.25) is 0 Å². The highest BCUT2D eigenvalue weighted by Crippen LogP contribution is 2.31. The van der Waals surface area contributed by atoms with Crippen LogP contribution in [0.3, 0.4) is 0 Å². The summed E-state index contributed by atoms with van der Waals surface area (Å²) in [5.41, 5.74) is 2.34. The van der Waals surface area contributed by atoms with Crippen molar-refractivity contribution in [2.45, 2.75) is 40.0 Å². The number of nitrogens with one attached hydrogen (secondary N) is 1. The van der Waals surface area contributed by atoms with Gasteiger partial charge in [-0.05, 0) is 33.3 Å². The molecule has 2 aromatic rings. The van der Waals surface area contributed by atoms with Crippen molar-refractivity contribution in [1.29, 1.82) is 0 Å². The van der Waals surface area contributed by atoms with E-state index in [2.05, 4.69) is 29.1 Å². The monoisotopic (exact) mass is 307 g/mol. The van der Waals surface area contributed by atoms with Gasteiger partial charge in [0.15, 0.2) is 5.79 Å². The van der Waals surface area contributed by atoms with Gasteiger partial charge in [-0.1, -0.05) is 0 Å². The van der Waals surface area contributed by atoms with Gasteiger partial charge in [0, 0.05) is 29.0 Å². The van der Waals surface area contributed by atoms with Crippen LogP contribution in [0.15, 0.2) is 0 Å². The fraction of sp³-hybridized carbons (Fsp3) is 0.600. The number of aromatic nitrogens is 2. The first-order valence-corrected chi connectivity index (χ1v) is 8.02. The Morgan fingerprint density at radius 3 is 2.62 bits per heavy atom. The third-order valence-corrected chi connectivity index (χ3v) is 5.00. The normalized spacial score (nSPS) is 17.7. The molecule has 3 rings (SSSR count). The standard InChI is InChI=1S/C15H21N3O2S/c1-9-12(7-16-8-15(4)19-5-6-20-15)21-14-13(9)10(2)17-11(3)18-14/h16H,5-8H2,1-4H3. The summed E-state index contributed by atoms with van der Waals surface area (Å²) in [6.07, 6.45) is 0. The molecule has 0 atom stereocenters. The summed E-state index contributed by atoms with van der Waals surface area (Å²) < 4.78 is 11.2. The molecule has 3 heterocycles. The highest BCUT2D eigenvalue weighted by atomic mass is 32.1. The smallest absolute Gasteiger partial charge is 0.178 e. The van der Waals surface area contributed by atoms with Crippen LogP contribution in [0, 0.1) is 20.8 Å². The Labute approximate surface area is 128 Å². The second kappa shape index (κ2) is 5.61. The Bertz CT molecular complexity index is 662. The Morgan fingerprint density at radius 2 is 1.90 bits per heavy atom. The average Bonchev–Trinajstić information content (AvgIpc) is 2.95. The summed E-state index contributed by atoms with van der Waals surface area (Å²) in [4.78, 5) is 11.4. The molecule has 0 saturated carbocycles. The summed E-state index contributed by atoms with van der Waals surface area (Å²) in [6.45, 7) is 10.9. The predicted octanol–water partition coefficient (Wildman–Crippen LogP) is 2.47. The summed E-state index contributed by atoms with van der Waals surface area (Å²) >= 11 is 1.74. The van der Waals surface area contributed by atoms with Gasteiger partial charge in [-0.25, -0.2) is 9.97 Å². The van der Waals surface area contributed by atoms with Crippen molar-refractivity contribution in [2.75, 3.05) is 19.8 Å². The van der Waals surface area contributed by atoms with Crippen LogP contribution in [0.25, 0.3) is 10.2 Å². The molecule has 0 unspecified atom stereocenters. The van der Waals surface area contributed by atoms with Crippen molar-refractivity contribution >= 4 is 21.6 Å². The number of hydrogen-bond acceptors (Lipinski definition) is 6. The van der Waals surface area contributed by atoms with Gasteiger partial charge >= 0.3 is 0 Å². The van der Waals surface area contributed by atoms with Gasteiger partial charge in [0.1, 0.15) is 10.7 Å². The van der Waals surface area contributed by atoms with Crippen molar-refractivity contribution in [3.05, 3.63) is 22.0 Å². The highest BCUT2D eigenvalue weighted by molar-refractivity contribution is 7.18.